The number of hydrogen-bond acceptors (Lipinski definition) is 7. The summed E-state index contributed by atoms with van der Waals surface area (Å²) in [4.78, 5) is 18.1. The minimum Gasteiger partial charge on any atom is -0.382 e. The van der Waals surface area contributed by atoms with Gasteiger partial charge < -0.3 is 24.8 Å². The highest BCUT2D eigenvalue weighted by atomic mass is 16.5. The molecule has 0 saturated carbocycles. The van der Waals surface area contributed by atoms with Gasteiger partial charge in [0.25, 0.3) is 5.56 Å². The summed E-state index contributed by atoms with van der Waals surface area (Å²) in [6.45, 7) is 7.49. The Labute approximate surface area is 193 Å². The molecule has 0 spiro atoms. The molecule has 5 rings (SSSR count). The van der Waals surface area contributed by atoms with Crippen molar-refractivity contribution in [3.05, 3.63) is 22.6 Å². The van der Waals surface area contributed by atoms with E-state index in [2.05, 4.69) is 54.0 Å². The SMILES string of the molecule is CC(n1cc(-c2cc(N3CCCC3CN(C)C)n(C)n2)c2[nH]nc(N)c2c1=O)C1(C)COC1. The smallest absolute Gasteiger partial charge is 0.264 e. The fourth-order valence-electron chi connectivity index (χ4n) is 5.25. The van der Waals surface area contributed by atoms with Crippen LogP contribution in [0.15, 0.2) is 17.1 Å². The predicted molar refractivity (Wildman–Crippen MR) is 130 cm³/mol. The molecule has 3 aromatic rings. The molecule has 2 fully saturated rings. The number of hydrogen-bond donors (Lipinski definition) is 2. The zero-order valence-corrected chi connectivity index (χ0v) is 20.1. The Morgan fingerprint density at radius 2 is 2.15 bits per heavy atom. The van der Waals surface area contributed by atoms with E-state index in [-0.39, 0.29) is 22.8 Å². The highest BCUT2D eigenvalue weighted by molar-refractivity contribution is 5.97. The van der Waals surface area contributed by atoms with Crippen molar-refractivity contribution in [3.8, 4) is 11.3 Å². The van der Waals surface area contributed by atoms with E-state index in [1.165, 1.54) is 12.8 Å². The van der Waals surface area contributed by atoms with Crippen LogP contribution in [0.4, 0.5) is 11.6 Å². The summed E-state index contributed by atoms with van der Waals surface area (Å²) in [5.74, 6) is 1.30. The second-order valence-corrected chi connectivity index (χ2v) is 10.2. The number of H-pyrrole nitrogens is 1. The summed E-state index contributed by atoms with van der Waals surface area (Å²) in [6.07, 6.45) is 4.25. The fourth-order valence-corrected chi connectivity index (χ4v) is 5.25. The zero-order chi connectivity index (χ0) is 23.5. The number of pyridine rings is 1. The van der Waals surface area contributed by atoms with Crippen molar-refractivity contribution < 1.29 is 4.74 Å². The highest BCUT2D eigenvalue weighted by Gasteiger charge is 2.41. The van der Waals surface area contributed by atoms with Gasteiger partial charge in [0, 0.05) is 55.5 Å². The number of likely N-dealkylation sites (N-methyl/N-ethyl adjacent to an activating group) is 1. The van der Waals surface area contributed by atoms with E-state index in [0.717, 1.165) is 30.2 Å². The summed E-state index contributed by atoms with van der Waals surface area (Å²) in [7, 11) is 6.21. The van der Waals surface area contributed by atoms with E-state index in [1.54, 1.807) is 4.57 Å². The van der Waals surface area contributed by atoms with E-state index in [4.69, 9.17) is 15.6 Å². The van der Waals surface area contributed by atoms with Crippen LogP contribution in [0.1, 0.15) is 32.7 Å². The maximum Gasteiger partial charge on any atom is 0.264 e. The molecule has 3 N–H and O–H groups in total. The van der Waals surface area contributed by atoms with Gasteiger partial charge in [-0.05, 0) is 33.9 Å². The van der Waals surface area contributed by atoms with Crippen LogP contribution in [0.2, 0.25) is 0 Å². The van der Waals surface area contributed by atoms with Crippen LogP contribution >= 0.6 is 0 Å². The summed E-state index contributed by atoms with van der Waals surface area (Å²) in [5.41, 5.74) is 8.15. The molecule has 0 radical (unpaired) electrons. The van der Waals surface area contributed by atoms with E-state index in [9.17, 15) is 4.79 Å². The molecular weight excluding hydrogens is 420 g/mol. The van der Waals surface area contributed by atoms with Gasteiger partial charge in [-0.25, -0.2) is 0 Å². The number of ether oxygens (including phenoxy) is 1. The normalized spacial score (nSPS) is 21.2. The average molecular weight is 455 g/mol. The van der Waals surface area contributed by atoms with Gasteiger partial charge in [-0.3, -0.25) is 14.6 Å². The first kappa shape index (κ1) is 22.0. The Bertz CT molecular complexity index is 1240. The fraction of sp³-hybridized carbons (Fsp3) is 0.609. The van der Waals surface area contributed by atoms with E-state index in [0.29, 0.717) is 30.2 Å². The summed E-state index contributed by atoms with van der Waals surface area (Å²) in [5, 5.41) is 12.4. The number of nitrogens with two attached hydrogens (primary N) is 1. The molecule has 5 heterocycles. The number of aromatic nitrogens is 5. The molecule has 0 aliphatic carbocycles. The second-order valence-electron chi connectivity index (χ2n) is 10.2. The molecule has 2 aliphatic rings. The van der Waals surface area contributed by atoms with Crippen molar-refractivity contribution in [1.82, 2.24) is 29.4 Å². The zero-order valence-electron chi connectivity index (χ0n) is 20.1. The molecule has 178 valence electrons. The van der Waals surface area contributed by atoms with Crippen LogP contribution in [-0.4, -0.2) is 75.9 Å². The topological polar surface area (TPSA) is 110 Å². The Kier molecular flexibility index (Phi) is 5.24. The molecule has 2 atom stereocenters. The summed E-state index contributed by atoms with van der Waals surface area (Å²) >= 11 is 0. The second kappa shape index (κ2) is 7.88. The molecule has 2 saturated heterocycles. The lowest BCUT2D eigenvalue weighted by molar-refractivity contribution is -0.126. The number of nitrogens with one attached hydrogen (secondary N) is 1. The third kappa shape index (κ3) is 3.52. The average Bonchev–Trinajstić information content (AvgIpc) is 3.45. The van der Waals surface area contributed by atoms with E-state index in [1.807, 2.05) is 17.9 Å². The van der Waals surface area contributed by atoms with Crippen LogP contribution in [0.25, 0.3) is 22.2 Å². The van der Waals surface area contributed by atoms with Gasteiger partial charge in [-0.15, -0.1) is 0 Å². The Hall–Kier alpha value is -2.85. The van der Waals surface area contributed by atoms with Crippen molar-refractivity contribution >= 4 is 22.5 Å². The maximum atomic E-state index is 13.4. The lowest BCUT2D eigenvalue weighted by Gasteiger charge is -2.43. The van der Waals surface area contributed by atoms with Crippen LogP contribution in [0.5, 0.6) is 0 Å². The molecule has 2 unspecified atom stereocenters. The monoisotopic (exact) mass is 454 g/mol. The van der Waals surface area contributed by atoms with E-state index < -0.39 is 0 Å². The lowest BCUT2D eigenvalue weighted by atomic mass is 9.81. The van der Waals surface area contributed by atoms with Crippen molar-refractivity contribution in [1.29, 1.82) is 0 Å². The standard InChI is InChI=1S/C23H34N8O2/c1-14(23(2)12-33-13-23)31-11-16(20-19(22(31)32)21(24)26-25-20)17-9-18(29(5)27-17)30-8-6-7-15(30)10-28(3)4/h9,11,14-15H,6-8,10,12-13H2,1-5H3,(H3,24,25,26). The van der Waals surface area contributed by atoms with Gasteiger partial charge in [-0.2, -0.15) is 10.2 Å². The highest BCUT2D eigenvalue weighted by Crippen LogP contribution is 2.39. The Morgan fingerprint density at radius 3 is 2.82 bits per heavy atom. The first-order valence-corrected chi connectivity index (χ1v) is 11.6. The summed E-state index contributed by atoms with van der Waals surface area (Å²) in [6, 6.07) is 2.52. The van der Waals surface area contributed by atoms with Gasteiger partial charge in [0.2, 0.25) is 0 Å². The molecule has 0 amide bonds. The van der Waals surface area contributed by atoms with Gasteiger partial charge in [0.15, 0.2) is 5.82 Å². The van der Waals surface area contributed by atoms with Crippen molar-refractivity contribution in [2.75, 3.05) is 51.0 Å². The number of aromatic amines is 1. The quantitative estimate of drug-likeness (QED) is 0.585. The molecule has 2 aliphatic heterocycles. The third-order valence-corrected chi connectivity index (χ3v) is 7.45. The molecule has 33 heavy (non-hydrogen) atoms. The Morgan fingerprint density at radius 1 is 1.39 bits per heavy atom. The molecule has 0 bridgehead atoms. The maximum absolute atomic E-state index is 13.4. The molecule has 3 aromatic heterocycles. The van der Waals surface area contributed by atoms with Gasteiger partial charge >= 0.3 is 0 Å². The minimum absolute atomic E-state index is 0.0533. The number of nitrogen functional groups attached to an aromatic ring is 1. The molecule has 10 heteroatoms. The van der Waals surface area contributed by atoms with Crippen molar-refractivity contribution in [2.45, 2.75) is 38.8 Å². The number of rotatable bonds is 6. The third-order valence-electron chi connectivity index (χ3n) is 7.45. The molecular formula is C23H34N8O2. The minimum atomic E-state index is -0.137. The first-order chi connectivity index (χ1) is 15.7. The number of aryl methyl sites for hydroxylation is 1. The predicted octanol–water partition coefficient (Wildman–Crippen LogP) is 1.84. The van der Waals surface area contributed by atoms with E-state index >= 15 is 0 Å². The molecule has 0 aromatic carbocycles. The summed E-state index contributed by atoms with van der Waals surface area (Å²) < 4.78 is 9.18. The number of anilines is 2. The van der Waals surface area contributed by atoms with Crippen LogP contribution < -0.4 is 16.2 Å². The van der Waals surface area contributed by atoms with Gasteiger partial charge in [-0.1, -0.05) is 6.92 Å². The van der Waals surface area contributed by atoms with Crippen LogP contribution in [0.3, 0.4) is 0 Å². The number of fused-ring (bicyclic) bond motifs is 1. The molecule has 10 nitrogen and oxygen atoms in total. The lowest BCUT2D eigenvalue weighted by Crippen LogP contribution is -2.47. The Balaban J connectivity index is 1.61. The number of nitrogens with zero attached hydrogens (tertiary/aromatic N) is 6. The van der Waals surface area contributed by atoms with Crippen molar-refractivity contribution in [3.63, 3.8) is 0 Å². The van der Waals surface area contributed by atoms with Gasteiger partial charge in [0.05, 0.1) is 24.4 Å². The van der Waals surface area contributed by atoms with Crippen LogP contribution in [-0.2, 0) is 11.8 Å². The van der Waals surface area contributed by atoms with Crippen LogP contribution in [0, 0.1) is 5.41 Å². The van der Waals surface area contributed by atoms with Gasteiger partial charge in [0.1, 0.15) is 11.2 Å². The largest absolute Gasteiger partial charge is 0.382 e. The first-order valence-electron chi connectivity index (χ1n) is 11.6. The van der Waals surface area contributed by atoms with Crippen molar-refractivity contribution in [2.24, 2.45) is 12.5 Å².